The Bertz CT molecular complexity index is 1540. The maximum atomic E-state index is 12.9. The first-order valence-corrected chi connectivity index (χ1v) is 10.5. The van der Waals surface area contributed by atoms with Gasteiger partial charge in [0.15, 0.2) is 6.61 Å². The molecule has 34 heavy (non-hydrogen) atoms. The van der Waals surface area contributed by atoms with Crippen molar-refractivity contribution in [2.75, 3.05) is 12.3 Å². The highest BCUT2D eigenvalue weighted by Crippen LogP contribution is 2.19. The summed E-state index contributed by atoms with van der Waals surface area (Å²) in [5, 5.41) is 0.581. The van der Waals surface area contributed by atoms with E-state index in [9.17, 15) is 19.2 Å². The number of aromatic nitrogens is 3. The summed E-state index contributed by atoms with van der Waals surface area (Å²) < 4.78 is 7.20. The van der Waals surface area contributed by atoms with E-state index in [4.69, 9.17) is 10.5 Å². The lowest BCUT2D eigenvalue weighted by atomic mass is 10.1. The molecular weight excluding hydrogens is 436 g/mol. The summed E-state index contributed by atoms with van der Waals surface area (Å²) >= 11 is 0. The number of carbonyl (C=O) groups is 2. The summed E-state index contributed by atoms with van der Waals surface area (Å²) in [6.07, 6.45) is 0. The van der Waals surface area contributed by atoms with Crippen molar-refractivity contribution in [2.45, 2.75) is 13.5 Å². The number of nitrogens with zero attached hydrogens (tertiary/aromatic N) is 3. The van der Waals surface area contributed by atoms with Gasteiger partial charge in [-0.05, 0) is 24.6 Å². The van der Waals surface area contributed by atoms with Crippen molar-refractivity contribution in [3.05, 3.63) is 104 Å². The number of carbonyl (C=O) groups excluding carboxylic acids is 2. The molecule has 2 aromatic carbocycles. The number of esters is 1. The van der Waals surface area contributed by atoms with E-state index < -0.39 is 35.2 Å². The highest BCUT2D eigenvalue weighted by atomic mass is 16.5. The van der Waals surface area contributed by atoms with E-state index in [1.54, 1.807) is 61.5 Å². The zero-order valence-corrected chi connectivity index (χ0v) is 18.6. The van der Waals surface area contributed by atoms with Gasteiger partial charge in [0.2, 0.25) is 5.78 Å². The van der Waals surface area contributed by atoms with Gasteiger partial charge in [-0.2, -0.15) is 0 Å². The smallest absolute Gasteiger partial charge is 0.339 e. The molecule has 0 saturated carbocycles. The van der Waals surface area contributed by atoms with E-state index in [1.165, 1.54) is 7.05 Å². The lowest BCUT2D eigenvalue weighted by Crippen LogP contribution is -2.43. The van der Waals surface area contributed by atoms with E-state index in [0.29, 0.717) is 16.6 Å². The fourth-order valence-corrected chi connectivity index (χ4v) is 3.72. The van der Waals surface area contributed by atoms with Gasteiger partial charge < -0.3 is 10.5 Å². The molecule has 0 aliphatic carbocycles. The van der Waals surface area contributed by atoms with Crippen molar-refractivity contribution < 1.29 is 14.3 Å². The van der Waals surface area contributed by atoms with Crippen LogP contribution in [0.25, 0.3) is 10.9 Å². The van der Waals surface area contributed by atoms with Crippen LogP contribution in [0, 0.1) is 6.92 Å². The second kappa shape index (κ2) is 9.14. The molecule has 2 heterocycles. The Kier molecular flexibility index (Phi) is 6.09. The topological polar surface area (TPSA) is 126 Å². The average molecular weight is 458 g/mol. The third-order valence-electron chi connectivity index (χ3n) is 5.44. The molecule has 172 valence electrons. The second-order valence-corrected chi connectivity index (χ2v) is 7.81. The Morgan fingerprint density at radius 3 is 2.44 bits per heavy atom. The molecule has 0 atom stereocenters. The normalized spacial score (nSPS) is 10.9. The summed E-state index contributed by atoms with van der Waals surface area (Å²) in [6, 6.07) is 17.7. The number of anilines is 1. The Morgan fingerprint density at radius 1 is 1.03 bits per heavy atom. The van der Waals surface area contributed by atoms with Gasteiger partial charge >= 0.3 is 11.7 Å². The minimum atomic E-state index is -0.849. The molecule has 0 unspecified atom stereocenters. The van der Waals surface area contributed by atoms with Crippen LogP contribution in [-0.2, 0) is 18.3 Å². The van der Waals surface area contributed by atoms with Crippen LogP contribution in [0.15, 0.2) is 70.3 Å². The van der Waals surface area contributed by atoms with Crippen LogP contribution >= 0.6 is 0 Å². The third kappa shape index (κ3) is 4.23. The second-order valence-electron chi connectivity index (χ2n) is 7.81. The minimum Gasteiger partial charge on any atom is -0.454 e. The zero-order chi connectivity index (χ0) is 24.4. The number of hydrogen-bond donors (Lipinski definition) is 1. The predicted octanol–water partition coefficient (Wildman–Crippen LogP) is 2.07. The number of rotatable bonds is 6. The molecule has 0 radical (unpaired) electrons. The van der Waals surface area contributed by atoms with Gasteiger partial charge in [-0.3, -0.25) is 23.7 Å². The maximum Gasteiger partial charge on any atom is 0.339 e. The number of fused-ring (bicyclic) bond motifs is 1. The molecule has 4 aromatic rings. The number of nitrogens with two attached hydrogens (primary N) is 1. The van der Waals surface area contributed by atoms with E-state index >= 15 is 0 Å². The maximum absolute atomic E-state index is 12.9. The number of ether oxygens (including phenoxy) is 1. The summed E-state index contributed by atoms with van der Waals surface area (Å²) in [6.45, 7) is 1.11. The summed E-state index contributed by atoms with van der Waals surface area (Å²) in [5.41, 5.74) is 6.44. The van der Waals surface area contributed by atoms with Crippen molar-refractivity contribution in [1.29, 1.82) is 0 Å². The van der Waals surface area contributed by atoms with Gasteiger partial charge in [0.05, 0.1) is 17.6 Å². The fraction of sp³-hybridized carbons (Fsp3) is 0.160. The highest BCUT2D eigenvalue weighted by Gasteiger charge is 2.23. The number of pyridine rings is 1. The van der Waals surface area contributed by atoms with Crippen LogP contribution in [0.5, 0.6) is 0 Å². The molecule has 0 bridgehead atoms. The molecule has 0 fully saturated rings. The SMILES string of the molecule is Cc1cc(C(=O)OCC(=O)c2c(N)n(Cc3ccccc3)c(=O)n(C)c2=O)c2ccccc2n1. The number of benzene rings is 2. The summed E-state index contributed by atoms with van der Waals surface area (Å²) in [5.74, 6) is -1.81. The van der Waals surface area contributed by atoms with Gasteiger partial charge in [0.1, 0.15) is 11.4 Å². The number of Topliss-reactive ketones (excluding diaryl/α,β-unsaturated/α-hetero) is 1. The first-order chi connectivity index (χ1) is 16.3. The number of nitrogen functional groups attached to an aromatic ring is 1. The first-order valence-electron chi connectivity index (χ1n) is 10.5. The quantitative estimate of drug-likeness (QED) is 0.346. The first kappa shape index (κ1) is 22.7. The average Bonchev–Trinajstić information content (AvgIpc) is 2.84. The Labute approximate surface area is 194 Å². The Balaban J connectivity index is 1.63. The molecule has 0 saturated heterocycles. The molecule has 0 spiro atoms. The number of para-hydroxylation sites is 1. The molecule has 4 rings (SSSR count). The number of ketones is 1. The van der Waals surface area contributed by atoms with E-state index in [0.717, 1.165) is 14.7 Å². The van der Waals surface area contributed by atoms with Gasteiger partial charge in [-0.25, -0.2) is 9.59 Å². The molecule has 2 N–H and O–H groups in total. The standard InChI is InChI=1S/C25H22N4O5/c1-15-12-18(17-10-6-7-11-19(17)27-15)24(32)34-14-20(30)21-22(26)29(25(33)28(2)23(21)31)13-16-8-4-3-5-9-16/h3-12H,13-14,26H2,1-2H3. The van der Waals surface area contributed by atoms with E-state index in [1.807, 2.05) is 6.07 Å². The largest absolute Gasteiger partial charge is 0.454 e. The molecule has 9 heteroatoms. The van der Waals surface area contributed by atoms with Crippen molar-refractivity contribution in [2.24, 2.45) is 7.05 Å². The Hall–Kier alpha value is -4.53. The lowest BCUT2D eigenvalue weighted by molar-refractivity contribution is 0.0476. The lowest BCUT2D eigenvalue weighted by Gasteiger charge is -2.15. The van der Waals surface area contributed by atoms with Crippen LogP contribution in [-0.4, -0.2) is 32.5 Å². The van der Waals surface area contributed by atoms with Crippen molar-refractivity contribution in [1.82, 2.24) is 14.1 Å². The van der Waals surface area contributed by atoms with E-state index in [2.05, 4.69) is 4.98 Å². The molecule has 0 amide bonds. The van der Waals surface area contributed by atoms with Gasteiger partial charge in [-0.15, -0.1) is 0 Å². The monoisotopic (exact) mass is 458 g/mol. The van der Waals surface area contributed by atoms with Crippen LogP contribution < -0.4 is 17.0 Å². The Morgan fingerprint density at radius 2 is 1.71 bits per heavy atom. The van der Waals surface area contributed by atoms with Gasteiger partial charge in [0.25, 0.3) is 5.56 Å². The van der Waals surface area contributed by atoms with Crippen molar-refractivity contribution in [3.8, 4) is 0 Å². The summed E-state index contributed by atoms with van der Waals surface area (Å²) in [4.78, 5) is 55.4. The van der Waals surface area contributed by atoms with Crippen LogP contribution in [0.2, 0.25) is 0 Å². The number of hydrogen-bond acceptors (Lipinski definition) is 7. The fourth-order valence-electron chi connectivity index (χ4n) is 3.72. The predicted molar refractivity (Wildman–Crippen MR) is 127 cm³/mol. The van der Waals surface area contributed by atoms with Gasteiger partial charge in [-0.1, -0.05) is 48.5 Å². The summed E-state index contributed by atoms with van der Waals surface area (Å²) in [7, 11) is 1.26. The molecule has 0 aliphatic heterocycles. The molecule has 9 nitrogen and oxygen atoms in total. The minimum absolute atomic E-state index is 0.0714. The highest BCUT2D eigenvalue weighted by molar-refractivity contribution is 6.06. The molecule has 2 aromatic heterocycles. The third-order valence-corrected chi connectivity index (χ3v) is 5.44. The molecular formula is C25H22N4O5. The zero-order valence-electron chi connectivity index (χ0n) is 18.6. The molecule has 0 aliphatic rings. The van der Waals surface area contributed by atoms with Crippen molar-refractivity contribution >= 4 is 28.5 Å². The van der Waals surface area contributed by atoms with Crippen LogP contribution in [0.3, 0.4) is 0 Å². The number of aryl methyl sites for hydroxylation is 1. The van der Waals surface area contributed by atoms with Gasteiger partial charge in [0, 0.05) is 18.1 Å². The van der Waals surface area contributed by atoms with Crippen LogP contribution in [0.1, 0.15) is 32.0 Å². The van der Waals surface area contributed by atoms with Crippen LogP contribution in [0.4, 0.5) is 5.82 Å². The van der Waals surface area contributed by atoms with E-state index in [-0.39, 0.29) is 17.9 Å². The van der Waals surface area contributed by atoms with Crippen molar-refractivity contribution in [3.63, 3.8) is 0 Å².